The summed E-state index contributed by atoms with van der Waals surface area (Å²) in [5.74, 6) is 1.93. The van der Waals surface area contributed by atoms with E-state index in [0.29, 0.717) is 0 Å². The second-order valence-corrected chi connectivity index (χ2v) is 5.79. The molecule has 1 fully saturated rings. The van der Waals surface area contributed by atoms with Gasteiger partial charge in [0.1, 0.15) is 0 Å². The van der Waals surface area contributed by atoms with Gasteiger partial charge in [-0.25, -0.2) is 4.98 Å². The number of aromatic nitrogens is 2. The summed E-state index contributed by atoms with van der Waals surface area (Å²) >= 11 is 0. The van der Waals surface area contributed by atoms with Gasteiger partial charge in [-0.05, 0) is 24.5 Å². The fourth-order valence-corrected chi connectivity index (χ4v) is 3.08. The van der Waals surface area contributed by atoms with E-state index < -0.39 is 0 Å². The van der Waals surface area contributed by atoms with Crippen molar-refractivity contribution in [1.29, 1.82) is 0 Å². The summed E-state index contributed by atoms with van der Waals surface area (Å²) in [5.41, 5.74) is 2.18. The minimum absolute atomic E-state index is 0.931. The van der Waals surface area contributed by atoms with E-state index in [1.54, 1.807) is 0 Å². The zero-order chi connectivity index (χ0) is 13.1. The second-order valence-electron chi connectivity index (χ2n) is 5.79. The third-order valence-corrected chi connectivity index (χ3v) is 4.34. The highest BCUT2D eigenvalue weighted by Crippen LogP contribution is 2.26. The Kier molecular flexibility index (Phi) is 3.72. The van der Waals surface area contributed by atoms with Gasteiger partial charge in [0.2, 0.25) is 5.95 Å². The fraction of sp³-hybridized carbons (Fsp3) is 0.562. The molecule has 0 saturated heterocycles. The molecule has 2 aromatic rings. The van der Waals surface area contributed by atoms with Crippen LogP contribution in [0.1, 0.15) is 38.5 Å². The molecule has 1 saturated carbocycles. The molecule has 1 N–H and O–H groups in total. The van der Waals surface area contributed by atoms with Gasteiger partial charge in [0, 0.05) is 13.6 Å². The molecule has 0 aliphatic heterocycles. The maximum Gasteiger partial charge on any atom is 0.203 e. The van der Waals surface area contributed by atoms with Crippen LogP contribution in [0.4, 0.5) is 5.95 Å². The summed E-state index contributed by atoms with van der Waals surface area (Å²) in [4.78, 5) is 10.3. The average Bonchev–Trinajstić information content (AvgIpc) is 2.90. The number of hydrogen-bond acceptors (Lipinski definition) is 2. The normalized spacial score (nSPS) is 16.9. The highest BCUT2D eigenvalue weighted by Gasteiger charge is 2.15. The number of aromatic amines is 1. The molecule has 1 aromatic carbocycles. The van der Waals surface area contributed by atoms with E-state index in [9.17, 15) is 0 Å². The molecule has 0 unspecified atom stereocenters. The molecule has 0 spiro atoms. The summed E-state index contributed by atoms with van der Waals surface area (Å²) in [6.45, 7) is 1.10. The number of nitrogens with one attached hydrogen (secondary N) is 1. The number of benzene rings is 1. The number of nitrogens with zero attached hydrogens (tertiary/aromatic N) is 2. The lowest BCUT2D eigenvalue weighted by atomic mass is 9.87. The van der Waals surface area contributed by atoms with Crippen LogP contribution in [0.25, 0.3) is 11.0 Å². The number of para-hydroxylation sites is 2. The van der Waals surface area contributed by atoms with E-state index in [1.807, 2.05) is 12.1 Å². The summed E-state index contributed by atoms with van der Waals surface area (Å²) in [6, 6.07) is 8.23. The highest BCUT2D eigenvalue weighted by molar-refractivity contribution is 5.77. The van der Waals surface area contributed by atoms with E-state index in [4.69, 9.17) is 0 Å². The van der Waals surface area contributed by atoms with Crippen molar-refractivity contribution in [2.75, 3.05) is 18.5 Å². The molecular weight excluding hydrogens is 234 g/mol. The van der Waals surface area contributed by atoms with E-state index in [-0.39, 0.29) is 0 Å². The molecule has 0 radical (unpaired) electrons. The summed E-state index contributed by atoms with van der Waals surface area (Å²) in [6.07, 6.45) is 8.45. The highest BCUT2D eigenvalue weighted by atomic mass is 15.2. The van der Waals surface area contributed by atoms with Gasteiger partial charge in [0.05, 0.1) is 11.0 Å². The molecule has 0 bridgehead atoms. The standard InChI is InChI=1S/C16H23N3/c1-19(12-11-13-7-3-2-4-8-13)16-17-14-9-5-6-10-15(14)18-16/h5-6,9-10,13H,2-4,7-8,11-12H2,1H3,(H,17,18). The molecule has 1 aliphatic carbocycles. The Labute approximate surface area is 115 Å². The third kappa shape index (κ3) is 2.91. The van der Waals surface area contributed by atoms with Crippen molar-refractivity contribution < 1.29 is 0 Å². The Morgan fingerprint density at radius 3 is 2.79 bits per heavy atom. The number of rotatable bonds is 4. The number of fused-ring (bicyclic) bond motifs is 1. The third-order valence-electron chi connectivity index (χ3n) is 4.34. The number of hydrogen-bond donors (Lipinski definition) is 1. The Hall–Kier alpha value is -1.51. The molecule has 1 heterocycles. The van der Waals surface area contributed by atoms with Crippen molar-refractivity contribution in [1.82, 2.24) is 9.97 Å². The molecule has 1 aromatic heterocycles. The zero-order valence-electron chi connectivity index (χ0n) is 11.7. The lowest BCUT2D eigenvalue weighted by molar-refractivity contribution is 0.341. The first kappa shape index (κ1) is 12.5. The molecule has 0 atom stereocenters. The summed E-state index contributed by atoms with van der Waals surface area (Å²) < 4.78 is 0. The predicted octanol–water partition coefficient (Wildman–Crippen LogP) is 3.97. The van der Waals surface area contributed by atoms with Gasteiger partial charge in [0.25, 0.3) is 0 Å². The number of anilines is 1. The molecule has 3 heteroatoms. The van der Waals surface area contributed by atoms with Crippen LogP contribution >= 0.6 is 0 Å². The van der Waals surface area contributed by atoms with Crippen LogP contribution in [0.5, 0.6) is 0 Å². The van der Waals surface area contributed by atoms with Crippen molar-refractivity contribution >= 4 is 17.0 Å². The van der Waals surface area contributed by atoms with Gasteiger partial charge >= 0.3 is 0 Å². The Morgan fingerprint density at radius 2 is 2.00 bits per heavy atom. The first-order valence-electron chi connectivity index (χ1n) is 7.49. The predicted molar refractivity (Wildman–Crippen MR) is 80.6 cm³/mol. The maximum absolute atomic E-state index is 4.65. The maximum atomic E-state index is 4.65. The minimum Gasteiger partial charge on any atom is -0.345 e. The largest absolute Gasteiger partial charge is 0.345 e. The van der Waals surface area contributed by atoms with Crippen LogP contribution in [0.2, 0.25) is 0 Å². The van der Waals surface area contributed by atoms with Gasteiger partial charge in [-0.3, -0.25) is 0 Å². The molecule has 3 nitrogen and oxygen atoms in total. The van der Waals surface area contributed by atoms with E-state index in [1.165, 1.54) is 38.5 Å². The van der Waals surface area contributed by atoms with E-state index in [2.05, 4.69) is 34.0 Å². The Balaban J connectivity index is 1.61. The topological polar surface area (TPSA) is 31.9 Å². The zero-order valence-corrected chi connectivity index (χ0v) is 11.7. The Bertz CT molecular complexity index is 493. The molecule has 1 aliphatic rings. The van der Waals surface area contributed by atoms with Crippen LogP contribution in [0.15, 0.2) is 24.3 Å². The van der Waals surface area contributed by atoms with E-state index >= 15 is 0 Å². The smallest absolute Gasteiger partial charge is 0.203 e. The fourth-order valence-electron chi connectivity index (χ4n) is 3.08. The molecule has 19 heavy (non-hydrogen) atoms. The van der Waals surface area contributed by atoms with Crippen LogP contribution in [-0.2, 0) is 0 Å². The lowest BCUT2D eigenvalue weighted by Gasteiger charge is -2.24. The van der Waals surface area contributed by atoms with Crippen LogP contribution in [0.3, 0.4) is 0 Å². The summed E-state index contributed by atoms with van der Waals surface area (Å²) in [5, 5.41) is 0. The van der Waals surface area contributed by atoms with Crippen molar-refractivity contribution in [3.63, 3.8) is 0 Å². The van der Waals surface area contributed by atoms with Crippen molar-refractivity contribution in [2.24, 2.45) is 5.92 Å². The van der Waals surface area contributed by atoms with Gasteiger partial charge in [-0.2, -0.15) is 0 Å². The first-order chi connectivity index (χ1) is 9.33. The SMILES string of the molecule is CN(CCC1CCCCC1)c1nc2ccccc2[nH]1. The van der Waals surface area contributed by atoms with E-state index in [0.717, 1.165) is 29.4 Å². The molecule has 3 rings (SSSR count). The van der Waals surface area contributed by atoms with Crippen LogP contribution in [0, 0.1) is 5.92 Å². The number of H-pyrrole nitrogens is 1. The van der Waals surface area contributed by atoms with Crippen molar-refractivity contribution in [3.05, 3.63) is 24.3 Å². The lowest BCUT2D eigenvalue weighted by Crippen LogP contribution is -2.22. The van der Waals surface area contributed by atoms with Crippen molar-refractivity contribution in [3.8, 4) is 0 Å². The Morgan fingerprint density at radius 1 is 1.21 bits per heavy atom. The van der Waals surface area contributed by atoms with Gasteiger partial charge < -0.3 is 9.88 Å². The van der Waals surface area contributed by atoms with Crippen LogP contribution in [-0.4, -0.2) is 23.6 Å². The number of imidazole rings is 1. The van der Waals surface area contributed by atoms with Crippen molar-refractivity contribution in [2.45, 2.75) is 38.5 Å². The molecule has 102 valence electrons. The second kappa shape index (κ2) is 5.64. The van der Waals surface area contributed by atoms with Gasteiger partial charge in [0.15, 0.2) is 0 Å². The quantitative estimate of drug-likeness (QED) is 0.898. The average molecular weight is 257 g/mol. The summed E-state index contributed by atoms with van der Waals surface area (Å²) in [7, 11) is 2.14. The van der Waals surface area contributed by atoms with Crippen LogP contribution < -0.4 is 4.90 Å². The molecule has 0 amide bonds. The molecular formula is C16H23N3. The van der Waals surface area contributed by atoms with Gasteiger partial charge in [-0.15, -0.1) is 0 Å². The minimum atomic E-state index is 0.931. The monoisotopic (exact) mass is 257 g/mol. The first-order valence-corrected chi connectivity index (χ1v) is 7.49. The van der Waals surface area contributed by atoms with Gasteiger partial charge in [-0.1, -0.05) is 44.2 Å².